The number of rotatable bonds is 6. The number of hydrogen-bond donors (Lipinski definition) is 3. The van der Waals surface area contributed by atoms with Crippen LogP contribution in [0.15, 0.2) is 29.2 Å². The van der Waals surface area contributed by atoms with Crippen molar-refractivity contribution in [2.24, 2.45) is 0 Å². The van der Waals surface area contributed by atoms with Crippen molar-refractivity contribution in [1.29, 1.82) is 0 Å². The van der Waals surface area contributed by atoms with E-state index in [1.54, 1.807) is 0 Å². The second-order valence-electron chi connectivity index (χ2n) is 7.32. The molecule has 3 amide bonds. The summed E-state index contributed by atoms with van der Waals surface area (Å²) < 4.78 is 26.4. The molecule has 0 bridgehead atoms. The minimum absolute atomic E-state index is 0.0254. The second kappa shape index (κ2) is 9.36. The van der Waals surface area contributed by atoms with Crippen molar-refractivity contribution < 1.29 is 22.8 Å². The summed E-state index contributed by atoms with van der Waals surface area (Å²) in [4.78, 5) is 35.8. The van der Waals surface area contributed by atoms with E-state index >= 15 is 0 Å². The van der Waals surface area contributed by atoms with Gasteiger partial charge in [0.15, 0.2) is 0 Å². The molecular weight excluding hydrogens is 396 g/mol. The molecule has 0 unspecified atom stereocenters. The van der Waals surface area contributed by atoms with Crippen LogP contribution in [0, 0.1) is 0 Å². The molecule has 2 fully saturated rings. The molecule has 2 aliphatic rings. The predicted octanol–water partition coefficient (Wildman–Crippen LogP) is 0.585. The summed E-state index contributed by atoms with van der Waals surface area (Å²) >= 11 is 0. The smallest absolute Gasteiger partial charge is 0.309 e. The zero-order chi connectivity index (χ0) is 20.9. The first-order valence-corrected chi connectivity index (χ1v) is 11.3. The monoisotopic (exact) mass is 422 g/mol. The number of carbonyl (C=O) groups is 3. The van der Waals surface area contributed by atoms with Crippen molar-refractivity contribution in [1.82, 2.24) is 14.9 Å². The Balaban J connectivity index is 1.46. The van der Waals surface area contributed by atoms with Gasteiger partial charge in [-0.05, 0) is 49.9 Å². The Kier molecular flexibility index (Phi) is 6.86. The largest absolute Gasteiger partial charge is 0.345 e. The lowest BCUT2D eigenvalue weighted by molar-refractivity contribution is -0.140. The average Bonchev–Trinajstić information content (AvgIpc) is 3.41. The van der Waals surface area contributed by atoms with Crippen molar-refractivity contribution in [3.05, 3.63) is 24.3 Å². The fraction of sp³-hybridized carbons (Fsp3) is 0.526. The first-order valence-electron chi connectivity index (χ1n) is 9.85. The Morgan fingerprint density at radius 3 is 2.17 bits per heavy atom. The van der Waals surface area contributed by atoms with Gasteiger partial charge in [0.25, 0.3) is 0 Å². The molecule has 9 nitrogen and oxygen atoms in total. The number of anilines is 1. The molecule has 0 atom stereocenters. The number of hydrogen-bond acceptors (Lipinski definition) is 5. The van der Waals surface area contributed by atoms with Crippen LogP contribution in [0.2, 0.25) is 0 Å². The minimum atomic E-state index is -3.51. The molecule has 29 heavy (non-hydrogen) atoms. The van der Waals surface area contributed by atoms with Crippen LogP contribution >= 0.6 is 0 Å². The highest BCUT2D eigenvalue weighted by Crippen LogP contribution is 2.22. The van der Waals surface area contributed by atoms with Crippen LogP contribution in [0.1, 0.15) is 38.5 Å². The molecule has 0 spiro atoms. The number of nitrogens with one attached hydrogen (secondary N) is 3. The van der Waals surface area contributed by atoms with Gasteiger partial charge in [0, 0.05) is 24.8 Å². The quantitative estimate of drug-likeness (QED) is 0.579. The van der Waals surface area contributed by atoms with E-state index < -0.39 is 27.7 Å². The Morgan fingerprint density at radius 1 is 0.931 bits per heavy atom. The molecule has 1 aromatic rings. The molecule has 10 heteroatoms. The van der Waals surface area contributed by atoms with E-state index in [-0.39, 0.29) is 17.5 Å². The number of carbonyl (C=O) groups excluding carboxylic acids is 3. The summed E-state index contributed by atoms with van der Waals surface area (Å²) in [6.07, 6.45) is 5.52. The maximum atomic E-state index is 12.5. The van der Waals surface area contributed by atoms with Crippen molar-refractivity contribution in [3.8, 4) is 0 Å². The highest BCUT2D eigenvalue weighted by molar-refractivity contribution is 7.89. The maximum Gasteiger partial charge on any atom is 0.309 e. The van der Waals surface area contributed by atoms with E-state index in [1.165, 1.54) is 28.6 Å². The third-order valence-electron chi connectivity index (χ3n) is 5.15. The molecule has 3 rings (SSSR count). The van der Waals surface area contributed by atoms with Crippen molar-refractivity contribution in [3.63, 3.8) is 0 Å². The van der Waals surface area contributed by atoms with Crippen LogP contribution in [0.5, 0.6) is 0 Å². The van der Waals surface area contributed by atoms with Gasteiger partial charge in [-0.2, -0.15) is 4.31 Å². The fourth-order valence-corrected chi connectivity index (χ4v) is 5.07. The van der Waals surface area contributed by atoms with Crippen LogP contribution in [-0.4, -0.2) is 56.1 Å². The van der Waals surface area contributed by atoms with Crippen molar-refractivity contribution in [2.75, 3.05) is 25.0 Å². The Morgan fingerprint density at radius 2 is 1.55 bits per heavy atom. The van der Waals surface area contributed by atoms with Gasteiger partial charge >= 0.3 is 11.8 Å². The minimum Gasteiger partial charge on any atom is -0.345 e. The van der Waals surface area contributed by atoms with Gasteiger partial charge in [-0.15, -0.1) is 0 Å². The van der Waals surface area contributed by atoms with Crippen LogP contribution in [0.3, 0.4) is 0 Å². The molecule has 158 valence electrons. The molecule has 3 N–H and O–H groups in total. The van der Waals surface area contributed by atoms with Gasteiger partial charge in [0.05, 0.1) is 11.4 Å². The molecule has 0 radical (unpaired) electrons. The standard InChI is InChI=1S/C19H26N4O5S/c24-17(13-20-18(25)19(26)22-14-5-1-2-6-14)21-15-7-9-16(10-8-15)29(27,28)23-11-3-4-12-23/h7-10,14H,1-6,11-13H2,(H,20,25)(H,21,24)(H,22,26). The molecule has 1 saturated heterocycles. The summed E-state index contributed by atoms with van der Waals surface area (Å²) in [5, 5.41) is 7.50. The van der Waals surface area contributed by atoms with Crippen molar-refractivity contribution >= 4 is 33.4 Å². The SMILES string of the molecule is O=C(CNC(=O)C(=O)NC1CCCC1)Nc1ccc(S(=O)(=O)N2CCCC2)cc1. The Hall–Kier alpha value is -2.46. The van der Waals surface area contributed by atoms with E-state index in [4.69, 9.17) is 0 Å². The first-order chi connectivity index (χ1) is 13.9. The highest BCUT2D eigenvalue weighted by Gasteiger charge is 2.27. The van der Waals surface area contributed by atoms with Crippen LogP contribution in [0.25, 0.3) is 0 Å². The second-order valence-corrected chi connectivity index (χ2v) is 9.26. The third kappa shape index (κ3) is 5.54. The van der Waals surface area contributed by atoms with Gasteiger partial charge in [-0.25, -0.2) is 8.42 Å². The van der Waals surface area contributed by atoms with Crippen LogP contribution < -0.4 is 16.0 Å². The summed E-state index contributed by atoms with van der Waals surface area (Å²) in [7, 11) is -3.51. The zero-order valence-electron chi connectivity index (χ0n) is 16.1. The lowest BCUT2D eigenvalue weighted by Crippen LogP contribution is -2.45. The number of sulfonamides is 1. The molecular formula is C19H26N4O5S. The number of nitrogens with zero attached hydrogens (tertiary/aromatic N) is 1. The van der Waals surface area contributed by atoms with Gasteiger partial charge in [0.1, 0.15) is 0 Å². The summed E-state index contributed by atoms with van der Waals surface area (Å²) in [5.74, 6) is -2.09. The topological polar surface area (TPSA) is 125 Å². The highest BCUT2D eigenvalue weighted by atomic mass is 32.2. The molecule has 0 aromatic heterocycles. The summed E-state index contributed by atoms with van der Waals surface area (Å²) in [6, 6.07) is 5.90. The normalized spacial score (nSPS) is 17.8. The van der Waals surface area contributed by atoms with Gasteiger partial charge < -0.3 is 16.0 Å². The van der Waals surface area contributed by atoms with Gasteiger partial charge in [-0.1, -0.05) is 12.8 Å². The van der Waals surface area contributed by atoms with Gasteiger partial charge in [0.2, 0.25) is 15.9 Å². The van der Waals surface area contributed by atoms with Crippen molar-refractivity contribution in [2.45, 2.75) is 49.5 Å². The molecule has 1 aliphatic heterocycles. The zero-order valence-corrected chi connectivity index (χ0v) is 17.0. The molecule has 1 heterocycles. The van der Waals surface area contributed by atoms with E-state index in [9.17, 15) is 22.8 Å². The van der Waals surface area contributed by atoms with Crippen LogP contribution in [0.4, 0.5) is 5.69 Å². The summed E-state index contributed by atoms with van der Waals surface area (Å²) in [6.45, 7) is 0.689. The molecule has 1 aliphatic carbocycles. The third-order valence-corrected chi connectivity index (χ3v) is 7.06. The lowest BCUT2D eigenvalue weighted by Gasteiger charge is -2.15. The Bertz CT molecular complexity index is 857. The van der Waals surface area contributed by atoms with Gasteiger partial charge in [-0.3, -0.25) is 14.4 Å². The fourth-order valence-electron chi connectivity index (χ4n) is 3.55. The summed E-state index contributed by atoms with van der Waals surface area (Å²) in [5.41, 5.74) is 0.403. The van der Waals surface area contributed by atoms with E-state index in [0.717, 1.165) is 38.5 Å². The van der Waals surface area contributed by atoms with E-state index in [0.29, 0.717) is 18.8 Å². The number of amides is 3. The maximum absolute atomic E-state index is 12.5. The van der Waals surface area contributed by atoms with E-state index in [2.05, 4.69) is 16.0 Å². The first kappa shape index (κ1) is 21.3. The number of benzene rings is 1. The predicted molar refractivity (Wildman–Crippen MR) is 106 cm³/mol. The van der Waals surface area contributed by atoms with Crippen LogP contribution in [-0.2, 0) is 24.4 Å². The Labute approximate surface area is 170 Å². The molecule has 1 saturated carbocycles. The average molecular weight is 423 g/mol. The van der Waals surface area contributed by atoms with E-state index in [1.807, 2.05) is 0 Å². The molecule has 1 aromatic carbocycles. The lowest BCUT2D eigenvalue weighted by atomic mass is 10.2.